The van der Waals surface area contributed by atoms with Crippen LogP contribution in [0.4, 0.5) is 5.69 Å². The third kappa shape index (κ3) is 0.0828. The molecular formula is C16H13FeNO2. The van der Waals surface area contributed by atoms with Crippen LogP contribution in [0.2, 0.25) is 43.3 Å². The summed E-state index contributed by atoms with van der Waals surface area (Å²) >= 11 is 0. The Balaban J connectivity index is 1.39. The first kappa shape index (κ1) is 7.42. The summed E-state index contributed by atoms with van der Waals surface area (Å²) in [5.74, 6) is 0. The van der Waals surface area contributed by atoms with E-state index in [1.807, 2.05) is 0 Å². The summed E-state index contributed by atoms with van der Waals surface area (Å²) in [5.41, 5.74) is 1.87. The van der Waals surface area contributed by atoms with Crippen molar-refractivity contribution in [3.63, 3.8) is 0 Å². The van der Waals surface area contributed by atoms with Gasteiger partial charge in [-0.1, -0.05) is 0 Å². The average Bonchev–Trinajstić information content (AvgIpc) is 3.39. The molecule has 10 saturated heterocycles. The number of rotatable bonds is 2. The Morgan fingerprint density at radius 2 is 1.40 bits per heavy atom. The topological polar surface area (TPSA) is 43.1 Å². The summed E-state index contributed by atoms with van der Waals surface area (Å²) in [7, 11) is 0. The van der Waals surface area contributed by atoms with Crippen LogP contribution in [-0.4, -0.2) is 4.92 Å². The van der Waals surface area contributed by atoms with Gasteiger partial charge in [0.05, 0.1) is 0 Å². The fourth-order valence-corrected chi connectivity index (χ4v) is 92.1. The van der Waals surface area contributed by atoms with Gasteiger partial charge in [-0.05, 0) is 0 Å². The quantitative estimate of drug-likeness (QED) is 0.462. The van der Waals surface area contributed by atoms with Gasteiger partial charge < -0.3 is 0 Å². The van der Waals surface area contributed by atoms with Crippen molar-refractivity contribution in [2.45, 2.75) is 47.7 Å². The molecule has 0 N–H and O–H groups in total. The van der Waals surface area contributed by atoms with E-state index >= 15 is 0 Å². The standard InChI is InChI=1S/C11H8NO2.C5H5.Fe/c13-12(14)11-7-5-10(6-8-11)9-3-1-2-4-9;1-2-4-5-3-1;/h1-8H;1-5H;. The average molecular weight is 307 g/mol. The molecule has 1 aromatic rings. The van der Waals surface area contributed by atoms with Crippen molar-refractivity contribution in [2.75, 3.05) is 0 Å². The van der Waals surface area contributed by atoms with Gasteiger partial charge in [-0.2, -0.15) is 0 Å². The number of nitro groups is 1. The second-order valence-corrected chi connectivity index (χ2v) is 35.0. The van der Waals surface area contributed by atoms with E-state index in [4.69, 9.17) is 0 Å². The summed E-state index contributed by atoms with van der Waals surface area (Å²) in [6.07, 6.45) is 0. The van der Waals surface area contributed by atoms with Crippen LogP contribution in [0.1, 0.15) is 5.56 Å². The van der Waals surface area contributed by atoms with Gasteiger partial charge in [0.15, 0.2) is 0 Å². The Morgan fingerprint density at radius 1 is 0.900 bits per heavy atom. The van der Waals surface area contributed by atoms with Crippen molar-refractivity contribution in [1.29, 1.82) is 0 Å². The van der Waals surface area contributed by atoms with E-state index in [-0.39, 0.29) is 10.6 Å². The van der Waals surface area contributed by atoms with Crippen LogP contribution in [-0.2, 0) is 10.8 Å². The normalized spacial score (nSPS) is 103. The van der Waals surface area contributed by atoms with E-state index in [9.17, 15) is 10.1 Å². The molecule has 0 aromatic heterocycles. The zero-order valence-corrected chi connectivity index (χ0v) is 11.7. The van der Waals surface area contributed by atoms with Crippen molar-refractivity contribution in [1.82, 2.24) is 0 Å². The summed E-state index contributed by atoms with van der Waals surface area (Å²) in [4.78, 5) is 22.5. The molecule has 10 aliphatic heterocycles. The maximum atomic E-state index is 10.9. The van der Waals surface area contributed by atoms with Gasteiger partial charge in [-0.15, -0.1) is 0 Å². The van der Waals surface area contributed by atoms with Gasteiger partial charge in [0.2, 0.25) is 0 Å². The van der Waals surface area contributed by atoms with Crippen LogP contribution in [0.15, 0.2) is 24.3 Å². The first-order valence-corrected chi connectivity index (χ1v) is 14.2. The number of nitro benzene ring substituents is 1. The molecule has 0 saturated carbocycles. The predicted octanol–water partition coefficient (Wildman–Crippen LogP) is 4.39. The zero-order chi connectivity index (χ0) is 12.6. The Morgan fingerprint density at radius 3 is 1.70 bits per heavy atom. The van der Waals surface area contributed by atoms with Crippen LogP contribution in [0.25, 0.3) is 0 Å². The molecule has 0 bridgehead atoms. The van der Waals surface area contributed by atoms with E-state index in [2.05, 4.69) is 12.1 Å². The molecular weight excluding hydrogens is 294 g/mol. The number of non-ortho nitro benzene ring substituents is 1. The molecule has 4 heteroatoms. The van der Waals surface area contributed by atoms with Gasteiger partial charge in [0, 0.05) is 0 Å². The molecule has 11 rings (SSSR count). The molecule has 10 heterocycles. The second kappa shape index (κ2) is 0.656. The van der Waals surface area contributed by atoms with Gasteiger partial charge in [0.25, 0.3) is 0 Å². The molecule has 4 unspecified atom stereocenters. The van der Waals surface area contributed by atoms with Crippen molar-refractivity contribution in [3.05, 3.63) is 39.9 Å². The molecule has 20 heavy (non-hydrogen) atoms. The first-order valence-electron chi connectivity index (χ1n) is 7.92. The van der Waals surface area contributed by atoms with E-state index in [1.165, 1.54) is 43.3 Å². The van der Waals surface area contributed by atoms with E-state index in [0.717, 1.165) is 4.31 Å². The van der Waals surface area contributed by atoms with E-state index in [0.29, 0.717) is 0 Å². The van der Waals surface area contributed by atoms with Crippen molar-refractivity contribution >= 4 is 5.69 Å². The Hall–Kier alpha value is -0.861. The number of nitrogens with zero attached hydrogens (tertiary/aromatic N) is 1. The predicted molar refractivity (Wildman–Crippen MR) is 68.5 cm³/mol. The minimum absolute atomic E-state index is 0.248. The molecule has 10 fully saturated rings. The molecule has 3 nitrogen and oxygen atoms in total. The van der Waals surface area contributed by atoms with E-state index in [1.54, 1.807) is 17.7 Å². The van der Waals surface area contributed by atoms with Crippen LogP contribution in [0.3, 0.4) is 0 Å². The molecule has 102 valence electrons. The number of benzene rings is 1. The molecule has 0 aliphatic carbocycles. The number of hydrogen-bond acceptors (Lipinski definition) is 2. The van der Waals surface area contributed by atoms with Crippen LogP contribution in [0.5, 0.6) is 0 Å². The fourth-order valence-electron chi connectivity index (χ4n) is 17.8. The number of hydrogen-bond donors (Lipinski definition) is 0. The van der Waals surface area contributed by atoms with Gasteiger partial charge in [0.1, 0.15) is 0 Å². The third-order valence-electron chi connectivity index (χ3n) is 16.2. The molecule has 1 aromatic carbocycles. The van der Waals surface area contributed by atoms with Crippen molar-refractivity contribution < 1.29 is 11.4 Å². The van der Waals surface area contributed by atoms with Gasteiger partial charge in [-0.25, -0.2) is 0 Å². The minimum atomic E-state index is -3.04. The van der Waals surface area contributed by atoms with Crippen molar-refractivity contribution in [3.8, 4) is 0 Å². The third-order valence-corrected chi connectivity index (χ3v) is 58.6. The van der Waals surface area contributed by atoms with Crippen LogP contribution >= 0.6 is 0 Å². The van der Waals surface area contributed by atoms with Gasteiger partial charge in [-0.3, -0.25) is 0 Å². The fraction of sp³-hybridized carbons (Fsp3) is 0.625. The second-order valence-electron chi connectivity index (χ2n) is 11.5. The summed E-state index contributed by atoms with van der Waals surface area (Å²) in [6, 6.07) is 7.95. The van der Waals surface area contributed by atoms with Gasteiger partial charge >= 0.3 is 105 Å². The molecule has 10 aliphatic rings. The summed E-state index contributed by atoms with van der Waals surface area (Å²) < 4.78 is 0.744. The molecule has 0 radical (unpaired) electrons. The SMILES string of the molecule is O=[N+]([O-])c1ccc([C]23[CH]4[CH]5[CH]6[CH]2[Fe]56432789[CH]3[CH]2[CH]7[CH]8[CH]39)cc1. The molecule has 1 spiro atoms. The van der Waals surface area contributed by atoms with Crippen LogP contribution in [0, 0.1) is 10.1 Å². The summed E-state index contributed by atoms with van der Waals surface area (Å²) in [5, 5.41) is 10.9. The first-order chi connectivity index (χ1) is 9.46. The Kier molecular flexibility index (Phi) is 0.243. The summed E-state index contributed by atoms with van der Waals surface area (Å²) in [6.45, 7) is -3.04. The molecule has 0 amide bonds. The Labute approximate surface area is 105 Å². The molecule has 4 atom stereocenters. The monoisotopic (exact) mass is 307 g/mol. The van der Waals surface area contributed by atoms with Crippen LogP contribution < -0.4 is 0 Å². The van der Waals surface area contributed by atoms with E-state index < -0.39 is 6.51 Å². The number of fused-ring (bicyclic) bond motifs is 10. The zero-order valence-electron chi connectivity index (χ0n) is 10.6. The maximum absolute atomic E-state index is 10.9. The Bertz CT molecular complexity index is 1170. The van der Waals surface area contributed by atoms with Crippen molar-refractivity contribution in [2.24, 2.45) is 0 Å².